The molecule has 128 valence electrons. The van der Waals surface area contributed by atoms with E-state index in [2.05, 4.69) is 21.0 Å². The van der Waals surface area contributed by atoms with E-state index in [4.69, 9.17) is 0 Å². The highest BCUT2D eigenvalue weighted by molar-refractivity contribution is 9.09. The maximum absolute atomic E-state index is 13.4. The standard InChI is InChI=1S/C16H13BrF4N2O/c1-15(2)7-10(24)11-12(13(15)17)23(22-14(11)16(19,20)21)9-5-3-8(18)4-6-9/h3-6,13H,7H2,1-2H3. The Morgan fingerprint density at radius 3 is 2.38 bits per heavy atom. The predicted molar refractivity (Wildman–Crippen MR) is 82.9 cm³/mol. The molecular weight excluding hydrogens is 392 g/mol. The van der Waals surface area contributed by atoms with Gasteiger partial charge in [-0.1, -0.05) is 29.8 Å². The number of hydrogen-bond donors (Lipinski definition) is 0. The van der Waals surface area contributed by atoms with Gasteiger partial charge in [-0.3, -0.25) is 4.79 Å². The Labute approximate surface area is 143 Å². The molecule has 0 saturated heterocycles. The summed E-state index contributed by atoms with van der Waals surface area (Å²) in [6.07, 6.45) is -4.77. The normalized spacial score (nSPS) is 20.1. The number of Topliss-reactive ketones (excluding diaryl/α,β-unsaturated/α-hetero) is 1. The van der Waals surface area contributed by atoms with Gasteiger partial charge in [0, 0.05) is 6.42 Å². The Kier molecular flexibility index (Phi) is 3.86. The van der Waals surface area contributed by atoms with Crippen molar-refractivity contribution in [1.82, 2.24) is 9.78 Å². The van der Waals surface area contributed by atoms with Crippen molar-refractivity contribution < 1.29 is 22.4 Å². The summed E-state index contributed by atoms with van der Waals surface area (Å²) in [6, 6.07) is 4.93. The fraction of sp³-hybridized carbons (Fsp3) is 0.375. The van der Waals surface area contributed by atoms with Gasteiger partial charge in [0.25, 0.3) is 0 Å². The lowest BCUT2D eigenvalue weighted by Gasteiger charge is -2.34. The Morgan fingerprint density at radius 2 is 1.83 bits per heavy atom. The van der Waals surface area contributed by atoms with E-state index in [0.717, 1.165) is 16.8 Å². The minimum atomic E-state index is -4.75. The quantitative estimate of drug-likeness (QED) is 0.490. The van der Waals surface area contributed by atoms with Gasteiger partial charge < -0.3 is 0 Å². The average Bonchev–Trinajstić information content (AvgIpc) is 2.86. The molecule has 0 N–H and O–H groups in total. The van der Waals surface area contributed by atoms with Crippen molar-refractivity contribution in [2.24, 2.45) is 5.41 Å². The third-order valence-corrected chi connectivity index (χ3v) is 5.76. The zero-order valence-electron chi connectivity index (χ0n) is 12.8. The second-order valence-electron chi connectivity index (χ2n) is 6.45. The number of halogens is 5. The van der Waals surface area contributed by atoms with E-state index in [1.54, 1.807) is 13.8 Å². The van der Waals surface area contributed by atoms with Crippen molar-refractivity contribution >= 4 is 21.7 Å². The molecule has 0 bridgehead atoms. The van der Waals surface area contributed by atoms with Gasteiger partial charge in [0.15, 0.2) is 11.5 Å². The Bertz CT molecular complexity index is 809. The molecule has 1 aromatic heterocycles. The lowest BCUT2D eigenvalue weighted by atomic mass is 9.75. The topological polar surface area (TPSA) is 34.9 Å². The molecule has 1 heterocycles. The SMILES string of the molecule is CC1(C)CC(=O)c2c(C(F)(F)F)nn(-c3ccc(F)cc3)c2C1Br. The fourth-order valence-corrected chi connectivity index (χ4v) is 3.46. The molecule has 0 saturated carbocycles. The molecule has 0 aliphatic heterocycles. The maximum atomic E-state index is 13.4. The van der Waals surface area contributed by atoms with Gasteiger partial charge in [-0.25, -0.2) is 9.07 Å². The van der Waals surface area contributed by atoms with E-state index in [1.807, 2.05) is 0 Å². The summed E-state index contributed by atoms with van der Waals surface area (Å²) in [6.45, 7) is 3.59. The highest BCUT2D eigenvalue weighted by Crippen LogP contribution is 2.51. The van der Waals surface area contributed by atoms with Crippen molar-refractivity contribution in [3.8, 4) is 5.69 Å². The first-order valence-electron chi connectivity index (χ1n) is 7.15. The molecule has 0 radical (unpaired) electrons. The summed E-state index contributed by atoms with van der Waals surface area (Å²) < 4.78 is 54.3. The minimum Gasteiger partial charge on any atom is -0.294 e. The first kappa shape index (κ1) is 17.1. The lowest BCUT2D eigenvalue weighted by Crippen LogP contribution is -2.31. The van der Waals surface area contributed by atoms with Gasteiger partial charge in [0.05, 0.1) is 21.8 Å². The molecule has 0 spiro atoms. The fourth-order valence-electron chi connectivity index (χ4n) is 2.88. The largest absolute Gasteiger partial charge is 0.435 e. The summed E-state index contributed by atoms with van der Waals surface area (Å²) in [5.74, 6) is -1.10. The molecule has 1 atom stereocenters. The zero-order valence-corrected chi connectivity index (χ0v) is 14.4. The second-order valence-corrected chi connectivity index (χ2v) is 7.36. The van der Waals surface area contributed by atoms with Crippen LogP contribution in [0.5, 0.6) is 0 Å². The molecule has 1 aliphatic rings. The average molecular weight is 405 g/mol. The Morgan fingerprint density at radius 1 is 1.25 bits per heavy atom. The molecule has 24 heavy (non-hydrogen) atoms. The van der Waals surface area contributed by atoms with Crippen LogP contribution in [0.15, 0.2) is 24.3 Å². The third kappa shape index (κ3) is 2.66. The number of aromatic nitrogens is 2. The van der Waals surface area contributed by atoms with Gasteiger partial charge >= 0.3 is 6.18 Å². The van der Waals surface area contributed by atoms with Gasteiger partial charge in [0.1, 0.15) is 5.82 Å². The van der Waals surface area contributed by atoms with Crippen molar-refractivity contribution in [2.45, 2.75) is 31.3 Å². The molecule has 1 unspecified atom stereocenters. The van der Waals surface area contributed by atoms with Crippen LogP contribution in [0.25, 0.3) is 5.69 Å². The molecule has 1 aliphatic carbocycles. The number of hydrogen-bond acceptors (Lipinski definition) is 2. The van der Waals surface area contributed by atoms with Crippen molar-refractivity contribution in [2.75, 3.05) is 0 Å². The van der Waals surface area contributed by atoms with Crippen molar-refractivity contribution in [3.63, 3.8) is 0 Å². The molecule has 3 nitrogen and oxygen atoms in total. The van der Waals surface area contributed by atoms with Crippen LogP contribution >= 0.6 is 15.9 Å². The molecule has 1 aromatic carbocycles. The number of ketones is 1. The molecule has 2 aromatic rings. The van der Waals surface area contributed by atoms with Crippen LogP contribution in [0.1, 0.15) is 46.8 Å². The summed E-state index contributed by atoms with van der Waals surface area (Å²) in [5, 5.41) is 3.65. The van der Waals surface area contributed by atoms with Crippen LogP contribution in [-0.4, -0.2) is 15.6 Å². The van der Waals surface area contributed by atoms with E-state index >= 15 is 0 Å². The third-order valence-electron chi connectivity index (χ3n) is 4.08. The van der Waals surface area contributed by atoms with Crippen LogP contribution in [-0.2, 0) is 6.18 Å². The van der Waals surface area contributed by atoms with Crippen LogP contribution < -0.4 is 0 Å². The molecule has 3 rings (SSSR count). The minimum absolute atomic E-state index is 0.0197. The first-order chi connectivity index (χ1) is 11.0. The summed E-state index contributed by atoms with van der Waals surface area (Å²) >= 11 is 3.42. The molecule has 0 amide bonds. The summed E-state index contributed by atoms with van der Waals surface area (Å²) in [5.41, 5.74) is -1.78. The predicted octanol–water partition coefficient (Wildman–Crippen LogP) is 5.08. The van der Waals surface area contributed by atoms with E-state index in [1.165, 1.54) is 12.1 Å². The van der Waals surface area contributed by atoms with Gasteiger partial charge in [-0.15, -0.1) is 0 Å². The van der Waals surface area contributed by atoms with Crippen LogP contribution in [0.2, 0.25) is 0 Å². The lowest BCUT2D eigenvalue weighted by molar-refractivity contribution is -0.141. The Balaban J connectivity index is 2.32. The Hall–Kier alpha value is -1.70. The van der Waals surface area contributed by atoms with Crippen molar-refractivity contribution in [1.29, 1.82) is 0 Å². The van der Waals surface area contributed by atoms with E-state index in [0.29, 0.717) is 0 Å². The van der Waals surface area contributed by atoms with Gasteiger partial charge in [-0.05, 0) is 29.7 Å². The zero-order chi connectivity index (χ0) is 17.9. The van der Waals surface area contributed by atoms with Crippen LogP contribution in [0, 0.1) is 11.2 Å². The van der Waals surface area contributed by atoms with E-state index in [9.17, 15) is 22.4 Å². The molecule has 8 heteroatoms. The first-order valence-corrected chi connectivity index (χ1v) is 8.07. The number of nitrogens with zero attached hydrogens (tertiary/aromatic N) is 2. The number of carbonyl (C=O) groups is 1. The smallest absolute Gasteiger partial charge is 0.294 e. The van der Waals surface area contributed by atoms with Gasteiger partial charge in [-0.2, -0.15) is 18.3 Å². The number of benzene rings is 1. The number of carbonyl (C=O) groups excluding carboxylic acids is 1. The maximum Gasteiger partial charge on any atom is 0.435 e. The van der Waals surface area contributed by atoms with E-state index in [-0.39, 0.29) is 17.8 Å². The number of rotatable bonds is 1. The monoisotopic (exact) mass is 404 g/mol. The van der Waals surface area contributed by atoms with E-state index < -0.39 is 39.3 Å². The van der Waals surface area contributed by atoms with Crippen LogP contribution in [0.3, 0.4) is 0 Å². The van der Waals surface area contributed by atoms with Crippen LogP contribution in [0.4, 0.5) is 17.6 Å². The highest BCUT2D eigenvalue weighted by atomic mass is 79.9. The van der Waals surface area contributed by atoms with Gasteiger partial charge in [0.2, 0.25) is 0 Å². The summed E-state index contributed by atoms with van der Waals surface area (Å²) in [4.78, 5) is 11.9. The summed E-state index contributed by atoms with van der Waals surface area (Å²) in [7, 11) is 0. The number of alkyl halides is 4. The molecule has 0 fully saturated rings. The second kappa shape index (κ2) is 5.40. The van der Waals surface area contributed by atoms with Crippen molar-refractivity contribution in [3.05, 3.63) is 47.0 Å². The highest BCUT2D eigenvalue weighted by Gasteiger charge is 2.49. The number of fused-ring (bicyclic) bond motifs is 1. The molecular formula is C16H13BrF4N2O.